The zero-order valence-corrected chi connectivity index (χ0v) is 11.3. The summed E-state index contributed by atoms with van der Waals surface area (Å²) in [4.78, 5) is 11.0. The molecular weight excluding hydrogens is 250 g/mol. The Balaban J connectivity index is 2.95. The van der Waals surface area contributed by atoms with Crippen molar-refractivity contribution in [1.82, 2.24) is 5.43 Å². The highest BCUT2D eigenvalue weighted by Gasteiger charge is 2.07. The summed E-state index contributed by atoms with van der Waals surface area (Å²) in [6, 6.07) is 3.71. The van der Waals surface area contributed by atoms with E-state index in [1.807, 2.05) is 26.0 Å². The fourth-order valence-electron chi connectivity index (χ4n) is 1.53. The van der Waals surface area contributed by atoms with Crippen molar-refractivity contribution in [3.05, 3.63) is 28.8 Å². The van der Waals surface area contributed by atoms with Gasteiger partial charge in [-0.05, 0) is 54.9 Å². The number of ether oxygens (including phenoxy) is 1. The van der Waals surface area contributed by atoms with E-state index in [1.165, 1.54) is 6.92 Å². The number of carbonyl (C=O) groups is 1. The number of hydrogen-bond donors (Lipinski definition) is 2. The summed E-state index contributed by atoms with van der Waals surface area (Å²) in [7, 11) is 0. The summed E-state index contributed by atoms with van der Waals surface area (Å²) < 4.78 is 5.13. The first kappa shape index (κ1) is 14.1. The molecule has 0 radical (unpaired) electrons. The average molecular weight is 265 g/mol. The molecule has 0 aliphatic rings. The number of benzene rings is 1. The standard InChI is InChI=1S/C12H15N3O2S/c1-7-4-10(6-14-15-12(13)18)5-8(2)11(7)17-9(3)16/h4-6H,1-3H3,(H3,13,15,18). The SMILES string of the molecule is CC(=O)Oc1c(C)cc(C=NNC(N)=S)cc1C. The van der Waals surface area contributed by atoms with Gasteiger partial charge in [-0.25, -0.2) is 0 Å². The van der Waals surface area contributed by atoms with E-state index in [4.69, 9.17) is 10.5 Å². The van der Waals surface area contributed by atoms with E-state index in [-0.39, 0.29) is 11.1 Å². The summed E-state index contributed by atoms with van der Waals surface area (Å²) in [5, 5.41) is 3.97. The first-order valence-corrected chi connectivity index (χ1v) is 5.69. The third-order valence-electron chi connectivity index (χ3n) is 2.12. The van der Waals surface area contributed by atoms with Gasteiger partial charge in [-0.2, -0.15) is 5.10 Å². The van der Waals surface area contributed by atoms with Crippen molar-refractivity contribution in [2.45, 2.75) is 20.8 Å². The molecule has 3 N–H and O–H groups in total. The van der Waals surface area contributed by atoms with Gasteiger partial charge >= 0.3 is 5.97 Å². The van der Waals surface area contributed by atoms with E-state index in [1.54, 1.807) is 6.21 Å². The maximum Gasteiger partial charge on any atom is 0.308 e. The molecule has 0 aromatic heterocycles. The number of nitrogens with two attached hydrogens (primary N) is 1. The summed E-state index contributed by atoms with van der Waals surface area (Å²) in [5.74, 6) is 0.250. The van der Waals surface area contributed by atoms with Gasteiger partial charge in [-0.15, -0.1) is 0 Å². The van der Waals surface area contributed by atoms with Crippen LogP contribution in [0.4, 0.5) is 0 Å². The summed E-state index contributed by atoms with van der Waals surface area (Å²) in [5.41, 5.74) is 10.3. The number of nitrogens with one attached hydrogen (secondary N) is 1. The second-order valence-electron chi connectivity index (χ2n) is 3.81. The smallest absolute Gasteiger partial charge is 0.308 e. The Morgan fingerprint density at radius 1 is 1.44 bits per heavy atom. The number of nitrogens with zero attached hydrogens (tertiary/aromatic N) is 1. The van der Waals surface area contributed by atoms with Gasteiger partial charge in [0.25, 0.3) is 0 Å². The summed E-state index contributed by atoms with van der Waals surface area (Å²) in [6.45, 7) is 5.10. The lowest BCUT2D eigenvalue weighted by Crippen LogP contribution is -2.24. The average Bonchev–Trinajstić information content (AvgIpc) is 2.22. The Hall–Kier alpha value is -1.95. The predicted octanol–water partition coefficient (Wildman–Crippen LogP) is 1.40. The molecule has 0 spiro atoms. The van der Waals surface area contributed by atoms with Crippen molar-refractivity contribution in [3.8, 4) is 5.75 Å². The molecule has 0 saturated heterocycles. The molecule has 1 rings (SSSR count). The number of hydrogen-bond acceptors (Lipinski definition) is 4. The molecular formula is C12H15N3O2S. The first-order valence-electron chi connectivity index (χ1n) is 5.28. The number of carbonyl (C=O) groups excluding carboxylic acids is 1. The minimum atomic E-state index is -0.335. The van der Waals surface area contributed by atoms with Crippen molar-refractivity contribution >= 4 is 29.5 Å². The molecule has 18 heavy (non-hydrogen) atoms. The van der Waals surface area contributed by atoms with E-state index in [0.717, 1.165) is 16.7 Å². The van der Waals surface area contributed by atoms with Crippen LogP contribution in [0.1, 0.15) is 23.6 Å². The van der Waals surface area contributed by atoms with Crippen LogP contribution in [0.25, 0.3) is 0 Å². The van der Waals surface area contributed by atoms with Gasteiger partial charge in [0.05, 0.1) is 6.21 Å². The van der Waals surface area contributed by atoms with Crippen LogP contribution in [0, 0.1) is 13.8 Å². The molecule has 0 unspecified atom stereocenters. The number of hydrazone groups is 1. The lowest BCUT2D eigenvalue weighted by molar-refractivity contribution is -0.131. The molecule has 0 heterocycles. The molecule has 0 amide bonds. The Bertz CT molecular complexity index is 489. The maximum atomic E-state index is 11.0. The van der Waals surface area contributed by atoms with E-state index in [0.29, 0.717) is 5.75 Å². The van der Waals surface area contributed by atoms with Gasteiger partial charge in [0.1, 0.15) is 5.75 Å². The minimum absolute atomic E-state index is 0.108. The zero-order valence-electron chi connectivity index (χ0n) is 10.5. The monoisotopic (exact) mass is 265 g/mol. The van der Waals surface area contributed by atoms with Crippen LogP contribution in [-0.4, -0.2) is 17.3 Å². The molecule has 0 fully saturated rings. The van der Waals surface area contributed by atoms with Crippen molar-refractivity contribution in [1.29, 1.82) is 0 Å². The van der Waals surface area contributed by atoms with Crippen LogP contribution in [0.2, 0.25) is 0 Å². The molecule has 1 aromatic carbocycles. The molecule has 1 aromatic rings. The molecule has 96 valence electrons. The fraction of sp³-hybridized carbons (Fsp3) is 0.250. The number of thiocarbonyl (C=S) groups is 1. The Morgan fingerprint density at radius 2 is 2.00 bits per heavy atom. The first-order chi connectivity index (χ1) is 8.40. The van der Waals surface area contributed by atoms with Gasteiger partial charge in [0.15, 0.2) is 5.11 Å². The Kier molecular flexibility index (Phi) is 4.79. The fourth-order valence-corrected chi connectivity index (χ4v) is 1.59. The molecule has 0 atom stereocenters. The lowest BCUT2D eigenvalue weighted by atomic mass is 10.1. The summed E-state index contributed by atoms with van der Waals surface area (Å²) in [6.07, 6.45) is 1.59. The highest BCUT2D eigenvalue weighted by molar-refractivity contribution is 7.80. The van der Waals surface area contributed by atoms with Crippen LogP contribution in [0.3, 0.4) is 0 Å². The van der Waals surface area contributed by atoms with Crippen molar-refractivity contribution in [3.63, 3.8) is 0 Å². The molecule has 0 aliphatic heterocycles. The number of rotatable bonds is 3. The topological polar surface area (TPSA) is 76.7 Å². The van der Waals surface area contributed by atoms with Crippen molar-refractivity contribution in [2.24, 2.45) is 10.8 Å². The second kappa shape index (κ2) is 6.11. The highest BCUT2D eigenvalue weighted by atomic mass is 32.1. The quantitative estimate of drug-likeness (QED) is 0.284. The van der Waals surface area contributed by atoms with Crippen LogP contribution < -0.4 is 15.9 Å². The van der Waals surface area contributed by atoms with E-state index in [2.05, 4.69) is 22.7 Å². The largest absolute Gasteiger partial charge is 0.426 e. The van der Waals surface area contributed by atoms with Gasteiger partial charge in [-0.3, -0.25) is 10.2 Å². The van der Waals surface area contributed by atoms with Gasteiger partial charge in [0.2, 0.25) is 0 Å². The molecule has 6 heteroatoms. The van der Waals surface area contributed by atoms with Gasteiger partial charge in [0, 0.05) is 6.92 Å². The highest BCUT2D eigenvalue weighted by Crippen LogP contribution is 2.24. The van der Waals surface area contributed by atoms with E-state index < -0.39 is 0 Å². The van der Waals surface area contributed by atoms with E-state index >= 15 is 0 Å². The normalized spacial score (nSPS) is 10.4. The molecule has 5 nitrogen and oxygen atoms in total. The maximum absolute atomic E-state index is 11.0. The third kappa shape index (κ3) is 4.14. The van der Waals surface area contributed by atoms with E-state index in [9.17, 15) is 4.79 Å². The van der Waals surface area contributed by atoms with Crippen LogP contribution in [0.5, 0.6) is 5.75 Å². The minimum Gasteiger partial charge on any atom is -0.426 e. The predicted molar refractivity (Wildman–Crippen MR) is 74.7 cm³/mol. The number of aryl methyl sites for hydroxylation is 2. The van der Waals surface area contributed by atoms with Crippen LogP contribution in [0.15, 0.2) is 17.2 Å². The molecule has 0 bridgehead atoms. The van der Waals surface area contributed by atoms with Crippen LogP contribution in [-0.2, 0) is 4.79 Å². The van der Waals surface area contributed by atoms with Crippen molar-refractivity contribution < 1.29 is 9.53 Å². The Morgan fingerprint density at radius 3 is 2.44 bits per heavy atom. The van der Waals surface area contributed by atoms with Gasteiger partial charge in [-0.1, -0.05) is 0 Å². The molecule has 0 saturated carbocycles. The van der Waals surface area contributed by atoms with Gasteiger partial charge < -0.3 is 10.5 Å². The molecule has 0 aliphatic carbocycles. The third-order valence-corrected chi connectivity index (χ3v) is 2.21. The lowest BCUT2D eigenvalue weighted by Gasteiger charge is -2.10. The summed E-state index contributed by atoms with van der Waals surface area (Å²) >= 11 is 4.63. The Labute approximate surface area is 111 Å². The van der Waals surface area contributed by atoms with Crippen molar-refractivity contribution in [2.75, 3.05) is 0 Å². The zero-order chi connectivity index (χ0) is 13.7. The number of esters is 1. The second-order valence-corrected chi connectivity index (χ2v) is 4.25. The van der Waals surface area contributed by atoms with Crippen LogP contribution >= 0.6 is 12.2 Å².